The molecule has 1 amide bonds. The smallest absolute Gasteiger partial charge is 0.229 e. The van der Waals surface area contributed by atoms with Gasteiger partial charge in [-0.3, -0.25) is 10.1 Å². The first-order chi connectivity index (χ1) is 16.9. The molecule has 8 nitrogen and oxygen atoms in total. The lowest BCUT2D eigenvalue weighted by Crippen LogP contribution is -2.59. The molecule has 5 rings (SSSR count). The lowest BCUT2D eigenvalue weighted by atomic mass is 9.69. The lowest BCUT2D eigenvalue weighted by molar-refractivity contribution is -0.122. The molecule has 2 aromatic heterocycles. The van der Waals surface area contributed by atoms with Crippen LogP contribution in [0.5, 0.6) is 0 Å². The van der Waals surface area contributed by atoms with Crippen molar-refractivity contribution >= 4 is 11.6 Å². The van der Waals surface area contributed by atoms with E-state index in [1.165, 1.54) is 0 Å². The van der Waals surface area contributed by atoms with Gasteiger partial charge in [-0.25, -0.2) is 4.98 Å². The number of nitrogens with zero attached hydrogens (tertiary/aromatic N) is 2. The van der Waals surface area contributed by atoms with Crippen LogP contribution in [0.4, 0.5) is 5.69 Å². The lowest BCUT2D eigenvalue weighted by Gasteiger charge is -2.46. The van der Waals surface area contributed by atoms with E-state index in [0.717, 1.165) is 45.1 Å². The van der Waals surface area contributed by atoms with Crippen molar-refractivity contribution in [2.24, 2.45) is 5.92 Å². The van der Waals surface area contributed by atoms with Crippen molar-refractivity contribution in [1.82, 2.24) is 20.4 Å². The van der Waals surface area contributed by atoms with Gasteiger partial charge < -0.3 is 19.9 Å². The summed E-state index contributed by atoms with van der Waals surface area (Å²) in [5.41, 5.74) is 5.33. The van der Waals surface area contributed by atoms with Gasteiger partial charge in [-0.05, 0) is 37.1 Å². The van der Waals surface area contributed by atoms with Gasteiger partial charge in [-0.15, -0.1) is 0 Å². The van der Waals surface area contributed by atoms with E-state index in [4.69, 9.17) is 4.52 Å². The second-order valence-corrected chi connectivity index (χ2v) is 9.15. The molecular weight excluding hydrogens is 442 g/mol. The highest BCUT2D eigenvalue weighted by Crippen LogP contribution is 2.46. The van der Waals surface area contributed by atoms with Crippen LogP contribution in [0.3, 0.4) is 0 Å². The molecule has 1 aliphatic heterocycles. The Bertz CT molecular complexity index is 1310. The monoisotopic (exact) mass is 471 g/mol. The quantitative estimate of drug-likeness (QED) is 0.327. The van der Waals surface area contributed by atoms with Crippen molar-refractivity contribution in [1.29, 1.82) is 0 Å². The Balaban J connectivity index is 1.71. The van der Waals surface area contributed by atoms with Crippen molar-refractivity contribution in [3.05, 3.63) is 89.3 Å². The topological polar surface area (TPSA) is 116 Å². The standard InChI is InChI=1S/C27H29N5O3/c1-16-26(34)30-24-10-9-19(25-17(2)32-35-18(25)3)11-23(24)27(16,20-7-5-4-6-8-20)31-22(14-33)12-21-13-28-15-29-21/h4-11,13,15-16,22,31,33H,12,14H2,1-3H3,(H,28,29)(H,30,34). The summed E-state index contributed by atoms with van der Waals surface area (Å²) < 4.78 is 5.43. The Morgan fingerprint density at radius 3 is 2.66 bits per heavy atom. The van der Waals surface area contributed by atoms with Crippen LogP contribution in [0.15, 0.2) is 65.6 Å². The molecule has 4 N–H and O–H groups in total. The molecule has 3 heterocycles. The number of carbonyl (C=O) groups is 1. The third-order valence-electron chi connectivity index (χ3n) is 6.97. The third-order valence-corrected chi connectivity index (χ3v) is 6.97. The van der Waals surface area contributed by atoms with Gasteiger partial charge in [-0.1, -0.05) is 48.5 Å². The number of H-pyrrole nitrogens is 1. The number of aliphatic hydroxyl groups is 1. The highest BCUT2D eigenvalue weighted by molar-refractivity contribution is 5.98. The maximum absolute atomic E-state index is 13.3. The number of nitrogens with one attached hydrogen (secondary N) is 3. The molecule has 1 aliphatic rings. The summed E-state index contributed by atoms with van der Waals surface area (Å²) in [6.07, 6.45) is 3.90. The van der Waals surface area contributed by atoms with E-state index < -0.39 is 11.5 Å². The van der Waals surface area contributed by atoms with E-state index in [-0.39, 0.29) is 18.6 Å². The Hall–Kier alpha value is -3.75. The van der Waals surface area contributed by atoms with Crippen LogP contribution in [0.25, 0.3) is 11.1 Å². The number of benzene rings is 2. The zero-order valence-electron chi connectivity index (χ0n) is 20.0. The predicted molar refractivity (Wildman–Crippen MR) is 133 cm³/mol. The Morgan fingerprint density at radius 1 is 1.20 bits per heavy atom. The van der Waals surface area contributed by atoms with Crippen molar-refractivity contribution in [2.45, 2.75) is 38.8 Å². The minimum Gasteiger partial charge on any atom is -0.395 e. The predicted octanol–water partition coefficient (Wildman–Crippen LogP) is 3.71. The van der Waals surface area contributed by atoms with E-state index in [0.29, 0.717) is 6.42 Å². The summed E-state index contributed by atoms with van der Waals surface area (Å²) in [5, 5.41) is 21.3. The summed E-state index contributed by atoms with van der Waals surface area (Å²) in [7, 11) is 0. The van der Waals surface area contributed by atoms with Gasteiger partial charge in [0.05, 0.1) is 30.1 Å². The van der Waals surface area contributed by atoms with Crippen molar-refractivity contribution < 1.29 is 14.4 Å². The SMILES string of the molecule is Cc1noc(C)c1-c1ccc2c(c1)C(NC(CO)Cc1cnc[nH]1)(c1ccccc1)C(C)C(=O)N2. The number of aliphatic hydroxyl groups excluding tert-OH is 1. The number of carbonyl (C=O) groups excluding carboxylic acids is 1. The van der Waals surface area contributed by atoms with Gasteiger partial charge in [0, 0.05) is 41.2 Å². The van der Waals surface area contributed by atoms with Gasteiger partial charge in [-0.2, -0.15) is 0 Å². The molecule has 180 valence electrons. The van der Waals surface area contributed by atoms with Gasteiger partial charge in [0.2, 0.25) is 5.91 Å². The number of aromatic amines is 1. The first kappa shape index (κ1) is 23.0. The Kier molecular flexibility index (Phi) is 6.00. The molecule has 3 unspecified atom stereocenters. The fraction of sp³-hybridized carbons (Fsp3) is 0.296. The van der Waals surface area contributed by atoms with Crippen LogP contribution in [0, 0.1) is 19.8 Å². The first-order valence-electron chi connectivity index (χ1n) is 11.7. The van der Waals surface area contributed by atoms with Crippen LogP contribution in [-0.4, -0.2) is 38.8 Å². The fourth-order valence-corrected chi connectivity index (χ4v) is 5.24. The molecule has 2 aromatic carbocycles. The van der Waals surface area contributed by atoms with Crippen LogP contribution in [-0.2, 0) is 16.8 Å². The zero-order chi connectivity index (χ0) is 24.6. The largest absolute Gasteiger partial charge is 0.395 e. The second-order valence-electron chi connectivity index (χ2n) is 9.15. The summed E-state index contributed by atoms with van der Waals surface area (Å²) in [6.45, 7) is 5.63. The number of imidazole rings is 1. The molecule has 0 fully saturated rings. The van der Waals surface area contributed by atoms with E-state index in [9.17, 15) is 9.90 Å². The Morgan fingerprint density at radius 2 is 2.00 bits per heavy atom. The van der Waals surface area contributed by atoms with Crippen LogP contribution in [0.1, 0.15) is 35.2 Å². The minimum absolute atomic E-state index is 0.0860. The molecule has 35 heavy (non-hydrogen) atoms. The van der Waals surface area contributed by atoms with E-state index in [2.05, 4.69) is 31.8 Å². The molecule has 0 aliphatic carbocycles. The van der Waals surface area contributed by atoms with Crippen LogP contribution < -0.4 is 10.6 Å². The van der Waals surface area contributed by atoms with E-state index >= 15 is 0 Å². The maximum Gasteiger partial charge on any atom is 0.229 e. The van der Waals surface area contributed by atoms with Crippen molar-refractivity contribution in [2.75, 3.05) is 11.9 Å². The zero-order valence-corrected chi connectivity index (χ0v) is 20.0. The minimum atomic E-state index is -0.888. The highest BCUT2D eigenvalue weighted by Gasteiger charge is 2.49. The molecule has 0 bridgehead atoms. The number of fused-ring (bicyclic) bond motifs is 1. The van der Waals surface area contributed by atoms with Crippen molar-refractivity contribution in [3.63, 3.8) is 0 Å². The summed E-state index contributed by atoms with van der Waals surface area (Å²) in [4.78, 5) is 20.5. The molecule has 3 atom stereocenters. The molecule has 0 saturated heterocycles. The highest BCUT2D eigenvalue weighted by atomic mass is 16.5. The molecule has 0 spiro atoms. The summed E-state index contributed by atoms with van der Waals surface area (Å²) in [6, 6.07) is 15.6. The number of amides is 1. The average Bonchev–Trinajstić information content (AvgIpc) is 3.51. The van der Waals surface area contributed by atoms with E-state index in [1.807, 2.05) is 63.2 Å². The van der Waals surface area contributed by atoms with Crippen LogP contribution in [0.2, 0.25) is 0 Å². The van der Waals surface area contributed by atoms with Crippen molar-refractivity contribution in [3.8, 4) is 11.1 Å². The van der Waals surface area contributed by atoms with Gasteiger partial charge in [0.15, 0.2) is 0 Å². The molecule has 0 radical (unpaired) electrons. The summed E-state index contributed by atoms with van der Waals surface area (Å²) >= 11 is 0. The number of hydrogen-bond donors (Lipinski definition) is 4. The first-order valence-corrected chi connectivity index (χ1v) is 11.7. The third kappa shape index (κ3) is 3.94. The number of anilines is 1. The molecule has 8 heteroatoms. The normalized spacial score (nSPS) is 20.3. The van der Waals surface area contributed by atoms with Gasteiger partial charge in [0.1, 0.15) is 5.76 Å². The number of hydrogen-bond acceptors (Lipinski definition) is 6. The number of rotatable bonds is 7. The van der Waals surface area contributed by atoms with Gasteiger partial charge >= 0.3 is 0 Å². The fourth-order valence-electron chi connectivity index (χ4n) is 5.24. The average molecular weight is 472 g/mol. The Labute approximate surface area is 203 Å². The number of aromatic nitrogens is 3. The number of aryl methyl sites for hydroxylation is 2. The van der Waals surface area contributed by atoms with Gasteiger partial charge in [0.25, 0.3) is 0 Å². The van der Waals surface area contributed by atoms with Crippen LogP contribution >= 0.6 is 0 Å². The molecule has 4 aromatic rings. The van der Waals surface area contributed by atoms with E-state index in [1.54, 1.807) is 12.5 Å². The second kappa shape index (κ2) is 9.13. The molecule has 0 saturated carbocycles. The molecular formula is C27H29N5O3. The maximum atomic E-state index is 13.3. The summed E-state index contributed by atoms with van der Waals surface area (Å²) in [5.74, 6) is 0.186.